The van der Waals surface area contributed by atoms with Crippen molar-refractivity contribution in [3.05, 3.63) is 76.2 Å². The molecule has 1 aliphatic carbocycles. The van der Waals surface area contributed by atoms with Crippen molar-refractivity contribution in [2.24, 2.45) is 0 Å². The molecule has 1 aromatic heterocycles. The molecule has 0 unspecified atom stereocenters. The van der Waals surface area contributed by atoms with E-state index in [0.29, 0.717) is 4.88 Å². The molecule has 0 saturated heterocycles. The summed E-state index contributed by atoms with van der Waals surface area (Å²) in [6, 6.07) is 13.1. The summed E-state index contributed by atoms with van der Waals surface area (Å²) >= 11 is 1.41. The van der Waals surface area contributed by atoms with Gasteiger partial charge in [0.15, 0.2) is 0 Å². The van der Waals surface area contributed by atoms with Crippen molar-refractivity contribution in [2.75, 3.05) is 5.32 Å². The molecule has 5 heteroatoms. The van der Waals surface area contributed by atoms with E-state index in [4.69, 9.17) is 0 Å². The summed E-state index contributed by atoms with van der Waals surface area (Å²) in [7, 11) is 0. The van der Waals surface area contributed by atoms with Crippen LogP contribution in [0.3, 0.4) is 0 Å². The number of carbonyl (C=O) groups is 1. The maximum absolute atomic E-state index is 13.7. The summed E-state index contributed by atoms with van der Waals surface area (Å²) in [5.74, 6) is -1.83. The first kappa shape index (κ1) is 15.0. The number of fused-ring (bicyclic) bond motifs is 3. The average molecular weight is 341 g/mol. The molecule has 1 amide bonds. The Bertz CT molecular complexity index is 948. The Labute approximate surface area is 141 Å². The van der Waals surface area contributed by atoms with Gasteiger partial charge in [0.2, 0.25) is 0 Å². The summed E-state index contributed by atoms with van der Waals surface area (Å²) in [4.78, 5) is 14.0. The van der Waals surface area contributed by atoms with E-state index in [1.54, 1.807) is 0 Å². The zero-order valence-corrected chi connectivity index (χ0v) is 13.4. The van der Waals surface area contributed by atoms with E-state index < -0.39 is 11.6 Å². The Hall–Kier alpha value is -2.53. The minimum Gasteiger partial charge on any atom is -0.319 e. The lowest BCUT2D eigenvalue weighted by Gasteiger charge is -2.15. The Morgan fingerprint density at radius 3 is 2.62 bits per heavy atom. The van der Waals surface area contributed by atoms with Crippen molar-refractivity contribution in [2.45, 2.75) is 12.8 Å². The van der Waals surface area contributed by atoms with Gasteiger partial charge in [-0.15, -0.1) is 11.3 Å². The third-order valence-electron chi connectivity index (χ3n) is 4.14. The molecule has 1 N–H and O–H groups in total. The van der Waals surface area contributed by atoms with Crippen molar-refractivity contribution in [1.29, 1.82) is 0 Å². The summed E-state index contributed by atoms with van der Waals surface area (Å²) in [6.45, 7) is 0. The molecule has 3 aromatic rings. The van der Waals surface area contributed by atoms with Gasteiger partial charge in [-0.2, -0.15) is 0 Å². The number of halogens is 2. The average Bonchev–Trinajstić information content (AvgIpc) is 3.02. The first-order valence-electron chi connectivity index (χ1n) is 7.59. The fourth-order valence-corrected chi connectivity index (χ4v) is 4.12. The normalized spacial score (nSPS) is 12.4. The van der Waals surface area contributed by atoms with Gasteiger partial charge in [-0.3, -0.25) is 4.79 Å². The van der Waals surface area contributed by atoms with Gasteiger partial charge in [0, 0.05) is 10.9 Å². The predicted molar refractivity (Wildman–Crippen MR) is 91.5 cm³/mol. The number of carbonyl (C=O) groups excluding carboxylic acids is 1. The van der Waals surface area contributed by atoms with Gasteiger partial charge in [-0.1, -0.05) is 24.3 Å². The second-order valence-electron chi connectivity index (χ2n) is 5.70. The molecule has 120 valence electrons. The quantitative estimate of drug-likeness (QED) is 0.695. The number of amides is 1. The van der Waals surface area contributed by atoms with E-state index in [-0.39, 0.29) is 11.6 Å². The van der Waals surface area contributed by atoms with Crippen LogP contribution in [0.2, 0.25) is 0 Å². The van der Waals surface area contributed by atoms with Crippen LogP contribution in [0.5, 0.6) is 0 Å². The highest BCUT2D eigenvalue weighted by Gasteiger charge is 2.21. The molecule has 0 atom stereocenters. The van der Waals surface area contributed by atoms with Crippen molar-refractivity contribution >= 4 is 22.9 Å². The number of hydrogen-bond donors (Lipinski definition) is 1. The lowest BCUT2D eigenvalue weighted by atomic mass is 9.91. The lowest BCUT2D eigenvalue weighted by molar-refractivity contribution is 0.103. The molecule has 4 rings (SSSR count). The van der Waals surface area contributed by atoms with E-state index >= 15 is 0 Å². The minimum absolute atomic E-state index is 0.0202. The molecule has 1 heterocycles. The van der Waals surface area contributed by atoms with Gasteiger partial charge >= 0.3 is 0 Å². The number of hydrogen-bond acceptors (Lipinski definition) is 2. The maximum atomic E-state index is 13.7. The predicted octanol–water partition coefficient (Wildman–Crippen LogP) is 5.04. The van der Waals surface area contributed by atoms with E-state index in [9.17, 15) is 13.6 Å². The summed E-state index contributed by atoms with van der Waals surface area (Å²) in [5.41, 5.74) is 3.57. The maximum Gasteiger partial charge on any atom is 0.265 e. The fourth-order valence-electron chi connectivity index (χ4n) is 2.96. The van der Waals surface area contributed by atoms with Crippen molar-refractivity contribution in [1.82, 2.24) is 0 Å². The summed E-state index contributed by atoms with van der Waals surface area (Å²) in [5, 5.41) is 2.52. The van der Waals surface area contributed by atoms with Crippen LogP contribution >= 0.6 is 11.3 Å². The van der Waals surface area contributed by atoms with Crippen LogP contribution in [0.15, 0.2) is 48.5 Å². The summed E-state index contributed by atoms with van der Waals surface area (Å²) < 4.78 is 26.7. The third-order valence-corrected chi connectivity index (χ3v) is 5.35. The number of aryl methyl sites for hydroxylation is 2. The number of anilines is 1. The Balaban J connectivity index is 1.64. The van der Waals surface area contributed by atoms with Crippen LogP contribution in [-0.2, 0) is 12.8 Å². The standard InChI is InChI=1S/C19H13F2NOS/c20-13-7-8-16(15(21)10-13)22-19(23)17-9-12-6-5-11-3-1-2-4-14(11)18(12)24-17/h1-4,7-10H,5-6H2,(H,22,23). The van der Waals surface area contributed by atoms with Crippen LogP contribution in [0.25, 0.3) is 10.4 Å². The van der Waals surface area contributed by atoms with Gasteiger partial charge in [-0.25, -0.2) is 8.78 Å². The number of nitrogens with one attached hydrogen (secondary N) is 1. The Kier molecular flexibility index (Phi) is 3.65. The van der Waals surface area contributed by atoms with E-state index in [1.165, 1.54) is 23.0 Å². The highest BCUT2D eigenvalue weighted by atomic mass is 32.1. The number of rotatable bonds is 2. The smallest absolute Gasteiger partial charge is 0.265 e. The van der Waals surface area contributed by atoms with E-state index in [2.05, 4.69) is 17.4 Å². The van der Waals surface area contributed by atoms with Crippen LogP contribution in [0.1, 0.15) is 20.8 Å². The molecule has 0 radical (unpaired) electrons. The highest BCUT2D eigenvalue weighted by molar-refractivity contribution is 7.17. The monoisotopic (exact) mass is 341 g/mol. The molecule has 0 bridgehead atoms. The highest BCUT2D eigenvalue weighted by Crippen LogP contribution is 2.39. The van der Waals surface area contributed by atoms with E-state index in [1.807, 2.05) is 18.2 Å². The fraction of sp³-hybridized carbons (Fsp3) is 0.105. The zero-order chi connectivity index (χ0) is 16.7. The molecule has 2 nitrogen and oxygen atoms in total. The molecule has 0 aliphatic heterocycles. The zero-order valence-electron chi connectivity index (χ0n) is 12.6. The van der Waals surface area contributed by atoms with Crippen molar-refractivity contribution in [3.63, 3.8) is 0 Å². The third kappa shape index (κ3) is 2.61. The van der Waals surface area contributed by atoms with Crippen LogP contribution in [-0.4, -0.2) is 5.91 Å². The molecule has 1 aliphatic rings. The van der Waals surface area contributed by atoms with E-state index in [0.717, 1.165) is 41.0 Å². The molecule has 0 spiro atoms. The molecular weight excluding hydrogens is 328 g/mol. The Morgan fingerprint density at radius 2 is 1.79 bits per heavy atom. The van der Waals surface area contributed by atoms with Crippen LogP contribution in [0, 0.1) is 11.6 Å². The summed E-state index contributed by atoms with van der Waals surface area (Å²) in [6.07, 6.45) is 1.84. The van der Waals surface area contributed by atoms with Gasteiger partial charge in [0.05, 0.1) is 10.6 Å². The number of benzene rings is 2. The minimum atomic E-state index is -0.782. The van der Waals surface area contributed by atoms with Crippen molar-refractivity contribution in [3.8, 4) is 10.4 Å². The second kappa shape index (κ2) is 5.83. The topological polar surface area (TPSA) is 29.1 Å². The first-order valence-corrected chi connectivity index (χ1v) is 8.41. The van der Waals surface area contributed by atoms with Crippen LogP contribution < -0.4 is 5.32 Å². The lowest BCUT2D eigenvalue weighted by Crippen LogP contribution is -2.11. The Morgan fingerprint density at radius 1 is 1.00 bits per heavy atom. The largest absolute Gasteiger partial charge is 0.319 e. The van der Waals surface area contributed by atoms with Gasteiger partial charge in [0.1, 0.15) is 11.6 Å². The molecular formula is C19H13F2NOS. The van der Waals surface area contributed by atoms with Crippen molar-refractivity contribution < 1.29 is 13.6 Å². The SMILES string of the molecule is O=C(Nc1ccc(F)cc1F)c1cc2c(s1)-c1ccccc1CC2. The van der Waals surface area contributed by atoms with Crippen LogP contribution in [0.4, 0.5) is 14.5 Å². The second-order valence-corrected chi connectivity index (χ2v) is 6.75. The first-order chi connectivity index (χ1) is 11.6. The van der Waals surface area contributed by atoms with Gasteiger partial charge in [-0.05, 0) is 47.7 Å². The molecule has 0 saturated carbocycles. The molecule has 2 aromatic carbocycles. The molecule has 0 fully saturated rings. The van der Waals surface area contributed by atoms with Gasteiger partial charge in [0.25, 0.3) is 5.91 Å². The molecule has 24 heavy (non-hydrogen) atoms. The number of thiophene rings is 1. The van der Waals surface area contributed by atoms with Gasteiger partial charge < -0.3 is 5.32 Å².